The molecule has 0 bridgehead atoms. The molecule has 1 heterocycles. The van der Waals surface area contributed by atoms with Crippen LogP contribution >= 0.6 is 12.2 Å². The zero-order valence-corrected chi connectivity index (χ0v) is 12.2. The molecule has 0 radical (unpaired) electrons. The van der Waals surface area contributed by atoms with E-state index in [1.165, 1.54) is 0 Å². The van der Waals surface area contributed by atoms with Crippen molar-refractivity contribution in [1.82, 2.24) is 10.6 Å². The lowest BCUT2D eigenvalue weighted by atomic mass is 10.1. The average Bonchev–Trinajstić information content (AvgIpc) is 2.97. The Bertz CT molecular complexity index is 563. The highest BCUT2D eigenvalue weighted by atomic mass is 32.1. The first-order valence-corrected chi connectivity index (χ1v) is 6.84. The van der Waals surface area contributed by atoms with Crippen molar-refractivity contribution in [3.8, 4) is 0 Å². The molecule has 0 saturated heterocycles. The van der Waals surface area contributed by atoms with Gasteiger partial charge in [-0.3, -0.25) is 0 Å². The Morgan fingerprint density at radius 1 is 1.25 bits per heavy atom. The predicted molar refractivity (Wildman–Crippen MR) is 85.5 cm³/mol. The zero-order chi connectivity index (χ0) is 14.4. The van der Waals surface area contributed by atoms with E-state index in [2.05, 4.69) is 17.2 Å². The molecule has 4 heteroatoms. The Balaban J connectivity index is 2.12. The van der Waals surface area contributed by atoms with Gasteiger partial charge >= 0.3 is 0 Å². The number of hydrogen-bond donors (Lipinski definition) is 2. The molecule has 104 valence electrons. The molecule has 0 aliphatic rings. The van der Waals surface area contributed by atoms with E-state index in [1.807, 2.05) is 49.4 Å². The number of furan rings is 1. The number of nitrogens with one attached hydrogen (secondary N) is 2. The third-order valence-electron chi connectivity index (χ3n) is 2.79. The first-order chi connectivity index (χ1) is 9.66. The highest BCUT2D eigenvalue weighted by Gasteiger charge is 2.17. The van der Waals surface area contributed by atoms with Gasteiger partial charge in [-0.1, -0.05) is 42.5 Å². The lowest BCUT2D eigenvalue weighted by Crippen LogP contribution is -2.38. The Morgan fingerprint density at radius 2 is 2.00 bits per heavy atom. The Hall–Kier alpha value is -2.07. The standard InChI is InChI=1S/C16H18N2OS/c1-12(2)11-17-16(20)18-15(14-9-6-10-19-14)13-7-4-3-5-8-13/h3-10,15H,1,11H2,2H3,(H2,17,18,20)/t15-/m0/s1. The molecule has 3 nitrogen and oxygen atoms in total. The van der Waals surface area contributed by atoms with Crippen LogP contribution < -0.4 is 10.6 Å². The van der Waals surface area contributed by atoms with Crippen LogP contribution in [0.15, 0.2) is 65.3 Å². The van der Waals surface area contributed by atoms with Crippen molar-refractivity contribution in [1.29, 1.82) is 0 Å². The van der Waals surface area contributed by atoms with Crippen LogP contribution in [0.1, 0.15) is 24.3 Å². The van der Waals surface area contributed by atoms with E-state index in [1.54, 1.807) is 6.26 Å². The average molecular weight is 286 g/mol. The molecule has 2 N–H and O–H groups in total. The van der Waals surface area contributed by atoms with Crippen molar-refractivity contribution in [3.63, 3.8) is 0 Å². The molecule has 1 atom stereocenters. The third-order valence-corrected chi connectivity index (χ3v) is 3.05. The summed E-state index contributed by atoms with van der Waals surface area (Å²) in [5, 5.41) is 6.98. The van der Waals surface area contributed by atoms with Crippen LogP contribution in [0.4, 0.5) is 0 Å². The SMILES string of the molecule is C=C(C)CNC(=S)N[C@@H](c1ccccc1)c1ccco1. The predicted octanol–water partition coefficient (Wildman–Crippen LogP) is 3.41. The van der Waals surface area contributed by atoms with Crippen molar-refractivity contribution in [2.75, 3.05) is 6.54 Å². The zero-order valence-electron chi connectivity index (χ0n) is 11.4. The summed E-state index contributed by atoms with van der Waals surface area (Å²) < 4.78 is 5.51. The summed E-state index contributed by atoms with van der Waals surface area (Å²) in [4.78, 5) is 0. The molecule has 0 spiro atoms. The largest absolute Gasteiger partial charge is 0.467 e. The second-order valence-electron chi connectivity index (χ2n) is 4.64. The normalized spacial score (nSPS) is 11.7. The molecule has 0 fully saturated rings. The molecule has 20 heavy (non-hydrogen) atoms. The Morgan fingerprint density at radius 3 is 2.60 bits per heavy atom. The minimum Gasteiger partial charge on any atom is -0.467 e. The summed E-state index contributed by atoms with van der Waals surface area (Å²) in [6, 6.07) is 13.8. The lowest BCUT2D eigenvalue weighted by molar-refractivity contribution is 0.474. The fourth-order valence-corrected chi connectivity index (χ4v) is 2.02. The number of thiocarbonyl (C=S) groups is 1. The van der Waals surface area contributed by atoms with Gasteiger partial charge in [-0.2, -0.15) is 0 Å². The van der Waals surface area contributed by atoms with Gasteiger partial charge < -0.3 is 15.1 Å². The van der Waals surface area contributed by atoms with Gasteiger partial charge in [0.15, 0.2) is 5.11 Å². The maximum absolute atomic E-state index is 5.51. The molecule has 0 saturated carbocycles. The molecule has 1 aromatic heterocycles. The first-order valence-electron chi connectivity index (χ1n) is 6.44. The van der Waals surface area contributed by atoms with E-state index < -0.39 is 0 Å². The summed E-state index contributed by atoms with van der Waals surface area (Å²) in [6.07, 6.45) is 1.66. The Labute approximate surface area is 124 Å². The van der Waals surface area contributed by atoms with Crippen LogP contribution in [0.25, 0.3) is 0 Å². The molecule has 0 aliphatic heterocycles. The molecule has 1 aromatic carbocycles. The van der Waals surface area contributed by atoms with Crippen molar-refractivity contribution >= 4 is 17.3 Å². The van der Waals surface area contributed by atoms with Crippen LogP contribution in [0, 0.1) is 0 Å². The molecular formula is C16H18N2OS. The first kappa shape index (κ1) is 14.3. The van der Waals surface area contributed by atoms with Crippen molar-refractivity contribution in [2.45, 2.75) is 13.0 Å². The Kier molecular flexibility index (Phi) is 4.96. The van der Waals surface area contributed by atoms with Crippen molar-refractivity contribution < 1.29 is 4.42 Å². The van der Waals surface area contributed by atoms with E-state index in [-0.39, 0.29) is 6.04 Å². The van der Waals surface area contributed by atoms with E-state index in [4.69, 9.17) is 16.6 Å². The van der Waals surface area contributed by atoms with E-state index in [0.717, 1.165) is 16.9 Å². The second kappa shape index (κ2) is 6.91. The van der Waals surface area contributed by atoms with E-state index in [0.29, 0.717) is 11.7 Å². The van der Waals surface area contributed by atoms with Crippen molar-refractivity contribution in [2.24, 2.45) is 0 Å². The summed E-state index contributed by atoms with van der Waals surface area (Å²) in [5.41, 5.74) is 2.13. The van der Waals surface area contributed by atoms with Gasteiger partial charge in [0.1, 0.15) is 11.8 Å². The van der Waals surface area contributed by atoms with Crippen LogP contribution in [-0.2, 0) is 0 Å². The van der Waals surface area contributed by atoms with E-state index >= 15 is 0 Å². The molecule has 2 aromatic rings. The molecule has 0 amide bonds. The number of benzene rings is 1. The number of rotatable bonds is 5. The van der Waals surface area contributed by atoms with Gasteiger partial charge in [0.2, 0.25) is 0 Å². The smallest absolute Gasteiger partial charge is 0.167 e. The van der Waals surface area contributed by atoms with Gasteiger partial charge in [0, 0.05) is 6.54 Å². The minimum absolute atomic E-state index is 0.101. The highest BCUT2D eigenvalue weighted by Crippen LogP contribution is 2.22. The van der Waals surface area contributed by atoms with E-state index in [9.17, 15) is 0 Å². The second-order valence-corrected chi connectivity index (χ2v) is 5.05. The number of hydrogen-bond acceptors (Lipinski definition) is 2. The topological polar surface area (TPSA) is 37.2 Å². The quantitative estimate of drug-likeness (QED) is 0.652. The van der Waals surface area contributed by atoms with Gasteiger partial charge in [0.25, 0.3) is 0 Å². The maximum atomic E-state index is 5.51. The molecular weight excluding hydrogens is 268 g/mol. The lowest BCUT2D eigenvalue weighted by Gasteiger charge is -2.19. The van der Waals surface area contributed by atoms with Gasteiger partial charge in [0.05, 0.1) is 6.26 Å². The van der Waals surface area contributed by atoms with Crippen LogP contribution in [0.3, 0.4) is 0 Å². The molecule has 2 rings (SSSR count). The van der Waals surface area contributed by atoms with Crippen molar-refractivity contribution in [3.05, 3.63) is 72.2 Å². The molecule has 0 aliphatic carbocycles. The van der Waals surface area contributed by atoms with Crippen LogP contribution in [-0.4, -0.2) is 11.7 Å². The minimum atomic E-state index is -0.101. The van der Waals surface area contributed by atoms with Gasteiger partial charge in [-0.15, -0.1) is 0 Å². The maximum Gasteiger partial charge on any atom is 0.167 e. The third kappa shape index (κ3) is 3.96. The fraction of sp³-hybridized carbons (Fsp3) is 0.188. The van der Waals surface area contributed by atoms with Gasteiger partial charge in [-0.25, -0.2) is 0 Å². The fourth-order valence-electron chi connectivity index (χ4n) is 1.83. The van der Waals surface area contributed by atoms with Crippen LogP contribution in [0.2, 0.25) is 0 Å². The molecule has 0 unspecified atom stereocenters. The summed E-state index contributed by atoms with van der Waals surface area (Å²) in [7, 11) is 0. The van der Waals surface area contributed by atoms with Gasteiger partial charge in [-0.05, 0) is 36.8 Å². The highest BCUT2D eigenvalue weighted by molar-refractivity contribution is 7.80. The summed E-state index contributed by atoms with van der Waals surface area (Å²) in [6.45, 7) is 6.46. The summed E-state index contributed by atoms with van der Waals surface area (Å²) in [5.74, 6) is 0.829. The summed E-state index contributed by atoms with van der Waals surface area (Å²) >= 11 is 5.32. The van der Waals surface area contributed by atoms with Crippen LogP contribution in [0.5, 0.6) is 0 Å². The monoisotopic (exact) mass is 286 g/mol.